The first kappa shape index (κ1) is 16.1. The predicted molar refractivity (Wildman–Crippen MR) is 77.4 cm³/mol. The fourth-order valence-corrected chi connectivity index (χ4v) is 2.22. The quantitative estimate of drug-likeness (QED) is 0.736. The molecule has 1 aromatic carbocycles. The number of aliphatic hydroxyl groups excluding tert-OH is 1. The summed E-state index contributed by atoms with van der Waals surface area (Å²) < 4.78 is 11.0. The molecule has 7 nitrogen and oxygen atoms in total. The molecule has 0 atom stereocenters. The summed E-state index contributed by atoms with van der Waals surface area (Å²) in [7, 11) is 0. The van der Waals surface area contributed by atoms with Crippen LogP contribution in [0.15, 0.2) is 12.1 Å². The predicted octanol–water partition coefficient (Wildman–Crippen LogP) is 0.623. The molecular formula is C15H19NO6. The monoisotopic (exact) mass is 309 g/mol. The van der Waals surface area contributed by atoms with Crippen molar-refractivity contribution in [3.8, 4) is 17.2 Å². The van der Waals surface area contributed by atoms with Gasteiger partial charge in [0.05, 0.1) is 13.0 Å². The molecule has 0 bridgehead atoms. The van der Waals surface area contributed by atoms with Crippen molar-refractivity contribution in [1.29, 1.82) is 0 Å². The van der Waals surface area contributed by atoms with Crippen LogP contribution in [0.4, 0.5) is 0 Å². The molecule has 1 amide bonds. The standard InChI is InChI=1S/C15H19NO6/c1-15(2)7-11(19)14-10(18)5-9(6-12(14)22-15)21-8-13(20)16-3-4-17/h5-6,17-18H,3-4,7-8H2,1-2H3,(H,16,20). The van der Waals surface area contributed by atoms with E-state index >= 15 is 0 Å². The highest BCUT2D eigenvalue weighted by Gasteiger charge is 2.34. The molecule has 22 heavy (non-hydrogen) atoms. The van der Waals surface area contributed by atoms with Gasteiger partial charge in [-0.2, -0.15) is 0 Å². The van der Waals surface area contributed by atoms with E-state index < -0.39 is 11.5 Å². The molecule has 0 spiro atoms. The summed E-state index contributed by atoms with van der Waals surface area (Å²) in [5.74, 6) is -0.365. The lowest BCUT2D eigenvalue weighted by molar-refractivity contribution is -0.123. The van der Waals surface area contributed by atoms with Crippen molar-refractivity contribution in [3.05, 3.63) is 17.7 Å². The normalized spacial score (nSPS) is 15.7. The number of benzene rings is 1. The van der Waals surface area contributed by atoms with Crippen LogP contribution in [0.2, 0.25) is 0 Å². The fraction of sp³-hybridized carbons (Fsp3) is 0.467. The molecular weight excluding hydrogens is 290 g/mol. The molecule has 0 saturated heterocycles. The third-order valence-corrected chi connectivity index (χ3v) is 3.11. The lowest BCUT2D eigenvalue weighted by Crippen LogP contribution is -2.36. The molecule has 1 heterocycles. The van der Waals surface area contributed by atoms with Crippen LogP contribution in [-0.2, 0) is 4.79 Å². The summed E-state index contributed by atoms with van der Waals surface area (Å²) in [5.41, 5.74) is -0.524. The van der Waals surface area contributed by atoms with E-state index in [0.717, 1.165) is 0 Å². The summed E-state index contributed by atoms with van der Waals surface area (Å²) in [4.78, 5) is 23.5. The van der Waals surface area contributed by atoms with Crippen LogP contribution in [0.25, 0.3) is 0 Å². The number of fused-ring (bicyclic) bond motifs is 1. The van der Waals surface area contributed by atoms with E-state index in [0.29, 0.717) is 0 Å². The Morgan fingerprint density at radius 3 is 2.86 bits per heavy atom. The number of ketones is 1. The van der Waals surface area contributed by atoms with E-state index in [2.05, 4.69) is 5.32 Å². The molecule has 0 unspecified atom stereocenters. The first-order chi connectivity index (χ1) is 10.3. The maximum absolute atomic E-state index is 12.0. The van der Waals surface area contributed by atoms with Gasteiger partial charge in [0.2, 0.25) is 0 Å². The first-order valence-corrected chi connectivity index (χ1v) is 6.92. The maximum atomic E-state index is 12.0. The summed E-state index contributed by atoms with van der Waals surface area (Å²) >= 11 is 0. The number of hydrogen-bond acceptors (Lipinski definition) is 6. The number of carbonyl (C=O) groups is 2. The van der Waals surface area contributed by atoms with Gasteiger partial charge in [-0.15, -0.1) is 0 Å². The lowest BCUT2D eigenvalue weighted by Gasteiger charge is -2.32. The minimum atomic E-state index is -0.659. The van der Waals surface area contributed by atoms with Crippen molar-refractivity contribution in [3.63, 3.8) is 0 Å². The number of carbonyl (C=O) groups excluding carboxylic acids is 2. The van der Waals surface area contributed by atoms with Gasteiger partial charge < -0.3 is 25.0 Å². The minimum Gasteiger partial charge on any atom is -0.507 e. The number of aromatic hydroxyl groups is 1. The third kappa shape index (κ3) is 3.67. The van der Waals surface area contributed by atoms with Crippen LogP contribution in [0.1, 0.15) is 30.6 Å². The summed E-state index contributed by atoms with van der Waals surface area (Å²) in [6, 6.07) is 2.75. The number of hydrogen-bond donors (Lipinski definition) is 3. The Hall–Kier alpha value is -2.28. The zero-order valence-corrected chi connectivity index (χ0v) is 12.5. The molecule has 1 aromatic rings. The van der Waals surface area contributed by atoms with Crippen molar-refractivity contribution in [2.75, 3.05) is 19.8 Å². The smallest absolute Gasteiger partial charge is 0.258 e. The van der Waals surface area contributed by atoms with Crippen molar-refractivity contribution in [2.45, 2.75) is 25.9 Å². The second-order valence-electron chi connectivity index (χ2n) is 5.64. The van der Waals surface area contributed by atoms with Crippen molar-refractivity contribution in [1.82, 2.24) is 5.32 Å². The largest absolute Gasteiger partial charge is 0.507 e. The van der Waals surface area contributed by atoms with Crippen LogP contribution in [0.5, 0.6) is 17.2 Å². The van der Waals surface area contributed by atoms with Gasteiger partial charge in [-0.05, 0) is 13.8 Å². The van der Waals surface area contributed by atoms with Crippen LogP contribution in [0.3, 0.4) is 0 Å². The Morgan fingerprint density at radius 1 is 1.45 bits per heavy atom. The lowest BCUT2D eigenvalue weighted by atomic mass is 9.92. The Bertz CT molecular complexity index is 596. The summed E-state index contributed by atoms with van der Waals surface area (Å²) in [6.07, 6.45) is 0.178. The van der Waals surface area contributed by atoms with Gasteiger partial charge in [0.15, 0.2) is 12.4 Å². The van der Waals surface area contributed by atoms with Crippen LogP contribution >= 0.6 is 0 Å². The van der Waals surface area contributed by atoms with Crippen molar-refractivity contribution >= 4 is 11.7 Å². The summed E-state index contributed by atoms with van der Waals surface area (Å²) in [5, 5.41) is 21.0. The van der Waals surface area contributed by atoms with Crippen LogP contribution in [-0.4, -0.2) is 47.3 Å². The van der Waals surface area contributed by atoms with Crippen LogP contribution in [0, 0.1) is 0 Å². The minimum absolute atomic E-state index is 0.136. The second kappa shape index (κ2) is 6.23. The molecule has 0 aliphatic carbocycles. The SMILES string of the molecule is CC1(C)CC(=O)c2c(O)cc(OCC(=O)NCCO)cc2O1. The maximum Gasteiger partial charge on any atom is 0.258 e. The third-order valence-electron chi connectivity index (χ3n) is 3.11. The highest BCUT2D eigenvalue weighted by atomic mass is 16.5. The van der Waals surface area contributed by atoms with Gasteiger partial charge in [-0.3, -0.25) is 9.59 Å². The Labute approximate surface area is 127 Å². The number of phenolic OH excluding ortho intramolecular Hbond substituents is 1. The van der Waals surface area contributed by atoms with Gasteiger partial charge in [-0.25, -0.2) is 0 Å². The molecule has 0 radical (unpaired) electrons. The number of phenols is 1. The number of rotatable bonds is 5. The number of ether oxygens (including phenoxy) is 2. The van der Waals surface area contributed by atoms with E-state index in [1.165, 1.54) is 12.1 Å². The fourth-order valence-electron chi connectivity index (χ4n) is 2.22. The molecule has 3 N–H and O–H groups in total. The van der Waals surface area contributed by atoms with E-state index in [-0.39, 0.29) is 54.8 Å². The van der Waals surface area contributed by atoms with Gasteiger partial charge in [0, 0.05) is 18.7 Å². The number of Topliss-reactive ketones (excluding diaryl/α,β-unsaturated/α-hetero) is 1. The van der Waals surface area contributed by atoms with Gasteiger partial charge in [0.25, 0.3) is 5.91 Å². The molecule has 120 valence electrons. The van der Waals surface area contributed by atoms with E-state index in [1.54, 1.807) is 13.8 Å². The molecule has 7 heteroatoms. The molecule has 2 rings (SSSR count). The summed E-state index contributed by atoms with van der Waals surface area (Å²) in [6.45, 7) is 3.27. The Balaban J connectivity index is 2.14. The van der Waals surface area contributed by atoms with E-state index in [9.17, 15) is 14.7 Å². The number of amides is 1. The van der Waals surface area contributed by atoms with Crippen LogP contribution < -0.4 is 14.8 Å². The van der Waals surface area contributed by atoms with Crippen molar-refractivity contribution < 1.29 is 29.3 Å². The van der Waals surface area contributed by atoms with Gasteiger partial charge in [-0.1, -0.05) is 0 Å². The highest BCUT2D eigenvalue weighted by molar-refractivity contribution is 6.03. The second-order valence-corrected chi connectivity index (χ2v) is 5.64. The molecule has 1 aliphatic rings. The number of nitrogens with one attached hydrogen (secondary N) is 1. The zero-order chi connectivity index (χ0) is 16.3. The molecule has 0 saturated carbocycles. The van der Waals surface area contributed by atoms with Gasteiger partial charge >= 0.3 is 0 Å². The molecule has 1 aliphatic heterocycles. The van der Waals surface area contributed by atoms with Crippen molar-refractivity contribution in [2.24, 2.45) is 0 Å². The first-order valence-electron chi connectivity index (χ1n) is 6.92. The topological polar surface area (TPSA) is 105 Å². The number of aliphatic hydroxyl groups is 1. The van der Waals surface area contributed by atoms with Gasteiger partial charge in [0.1, 0.15) is 28.4 Å². The average molecular weight is 309 g/mol. The average Bonchev–Trinajstić information content (AvgIpc) is 2.40. The molecule has 0 aromatic heterocycles. The highest BCUT2D eigenvalue weighted by Crippen LogP contribution is 2.40. The Morgan fingerprint density at radius 2 is 2.18 bits per heavy atom. The molecule has 0 fully saturated rings. The van der Waals surface area contributed by atoms with E-state index in [4.69, 9.17) is 14.6 Å². The Kier molecular flexibility index (Phi) is 4.56. The zero-order valence-electron chi connectivity index (χ0n) is 12.5. The van der Waals surface area contributed by atoms with E-state index in [1.807, 2.05) is 0 Å².